The van der Waals surface area contributed by atoms with Crippen LogP contribution in [0.15, 0.2) is 16.7 Å². The smallest absolute Gasteiger partial charge is 0.465 e. The number of likely N-dealkylation sites (tertiary alicyclic amines) is 1. The van der Waals surface area contributed by atoms with Gasteiger partial charge in [0.1, 0.15) is 5.82 Å². The molecule has 2 N–H and O–H groups in total. The predicted octanol–water partition coefficient (Wildman–Crippen LogP) is 2.62. The van der Waals surface area contributed by atoms with Crippen LogP contribution < -0.4 is 5.32 Å². The number of aryl methyl sites for hydroxylation is 1. The molecule has 1 fully saturated rings. The van der Waals surface area contributed by atoms with Crippen LogP contribution in [0.25, 0.3) is 11.4 Å². The van der Waals surface area contributed by atoms with Gasteiger partial charge in [0.05, 0.1) is 5.69 Å². The highest BCUT2D eigenvalue weighted by molar-refractivity contribution is 5.65. The van der Waals surface area contributed by atoms with E-state index in [0.29, 0.717) is 36.6 Å². The maximum atomic E-state index is 12.5. The molecule has 0 spiro atoms. The van der Waals surface area contributed by atoms with Crippen LogP contribution in [-0.2, 0) is 6.18 Å². The molecule has 0 aromatic carbocycles. The van der Waals surface area contributed by atoms with Crippen LogP contribution in [-0.4, -0.2) is 50.4 Å². The van der Waals surface area contributed by atoms with Crippen LogP contribution in [0.5, 0.6) is 0 Å². The van der Waals surface area contributed by atoms with Gasteiger partial charge in [-0.15, -0.1) is 0 Å². The number of pyridine rings is 1. The monoisotopic (exact) mass is 357 g/mol. The van der Waals surface area contributed by atoms with Crippen molar-refractivity contribution in [1.82, 2.24) is 20.0 Å². The molecule has 1 saturated heterocycles. The van der Waals surface area contributed by atoms with Crippen molar-refractivity contribution in [3.8, 4) is 11.4 Å². The second kappa shape index (κ2) is 6.22. The van der Waals surface area contributed by atoms with E-state index in [2.05, 4.69) is 25.0 Å². The number of aromatic nitrogens is 3. The Morgan fingerprint density at radius 1 is 1.40 bits per heavy atom. The highest BCUT2D eigenvalue weighted by Crippen LogP contribution is 2.30. The Balaban J connectivity index is 1.73. The van der Waals surface area contributed by atoms with Crippen molar-refractivity contribution in [2.75, 3.05) is 18.4 Å². The van der Waals surface area contributed by atoms with Crippen LogP contribution in [0.3, 0.4) is 0 Å². The molecule has 3 heterocycles. The van der Waals surface area contributed by atoms with Crippen LogP contribution >= 0.6 is 0 Å². The summed E-state index contributed by atoms with van der Waals surface area (Å²) in [7, 11) is 0. The Labute approximate surface area is 139 Å². The van der Waals surface area contributed by atoms with Crippen molar-refractivity contribution in [3.05, 3.63) is 23.7 Å². The summed E-state index contributed by atoms with van der Waals surface area (Å²) in [4.78, 5) is 19.8. The molecule has 1 amide bonds. The number of carboxylic acid groups (broad SMARTS) is 1. The largest absolute Gasteiger partial charge is 0.471 e. The van der Waals surface area contributed by atoms with E-state index in [4.69, 9.17) is 5.11 Å². The van der Waals surface area contributed by atoms with Gasteiger partial charge in [0.2, 0.25) is 5.82 Å². The van der Waals surface area contributed by atoms with E-state index >= 15 is 0 Å². The minimum absolute atomic E-state index is 0.0733. The first-order chi connectivity index (χ1) is 11.7. The zero-order valence-corrected chi connectivity index (χ0v) is 13.0. The van der Waals surface area contributed by atoms with E-state index in [0.717, 1.165) is 0 Å². The van der Waals surface area contributed by atoms with Gasteiger partial charge in [0.25, 0.3) is 0 Å². The summed E-state index contributed by atoms with van der Waals surface area (Å²) < 4.78 is 41.8. The second-order valence-corrected chi connectivity index (χ2v) is 5.61. The van der Waals surface area contributed by atoms with Gasteiger partial charge < -0.3 is 19.8 Å². The highest BCUT2D eigenvalue weighted by Gasteiger charge is 2.38. The maximum absolute atomic E-state index is 12.5. The molecular weight excluding hydrogens is 343 g/mol. The lowest BCUT2D eigenvalue weighted by molar-refractivity contribution is -0.159. The SMILES string of the molecule is Cc1nc(N[C@H]2CCN(C(=O)O)C2)ccc1-c1noc(C(F)(F)F)n1. The Bertz CT molecular complexity index is 792. The molecule has 1 atom stereocenters. The van der Waals surface area contributed by atoms with Crippen LogP contribution in [0.1, 0.15) is 18.0 Å². The van der Waals surface area contributed by atoms with E-state index in [1.807, 2.05) is 0 Å². The van der Waals surface area contributed by atoms with E-state index in [9.17, 15) is 18.0 Å². The molecule has 1 aliphatic heterocycles. The molecule has 1 aliphatic rings. The summed E-state index contributed by atoms with van der Waals surface area (Å²) in [5.74, 6) is -1.11. The average molecular weight is 357 g/mol. The first-order valence-corrected chi connectivity index (χ1v) is 7.37. The fraction of sp³-hybridized carbons (Fsp3) is 0.429. The molecule has 2 aromatic rings. The predicted molar refractivity (Wildman–Crippen MR) is 78.9 cm³/mol. The lowest BCUT2D eigenvalue weighted by Crippen LogP contribution is -2.30. The Kier molecular flexibility index (Phi) is 4.23. The first kappa shape index (κ1) is 17.0. The normalized spacial score (nSPS) is 17.8. The number of hydrogen-bond acceptors (Lipinski definition) is 6. The van der Waals surface area contributed by atoms with Crippen LogP contribution in [0.4, 0.5) is 23.8 Å². The van der Waals surface area contributed by atoms with Crippen LogP contribution in [0.2, 0.25) is 0 Å². The number of amides is 1. The summed E-state index contributed by atoms with van der Waals surface area (Å²) in [6.45, 7) is 2.40. The molecule has 8 nitrogen and oxygen atoms in total. The molecule has 0 aliphatic carbocycles. The Morgan fingerprint density at radius 2 is 2.16 bits per heavy atom. The van der Waals surface area contributed by atoms with Gasteiger partial charge in [-0.2, -0.15) is 18.2 Å². The third-order valence-corrected chi connectivity index (χ3v) is 3.81. The topological polar surface area (TPSA) is 104 Å². The molecule has 0 unspecified atom stereocenters. The van der Waals surface area contributed by atoms with Crippen molar-refractivity contribution in [2.45, 2.75) is 25.6 Å². The molecule has 2 aromatic heterocycles. The van der Waals surface area contributed by atoms with Gasteiger partial charge in [-0.3, -0.25) is 0 Å². The first-order valence-electron chi connectivity index (χ1n) is 7.37. The summed E-state index contributed by atoms with van der Waals surface area (Å²) in [6, 6.07) is 3.05. The minimum atomic E-state index is -4.70. The van der Waals surface area contributed by atoms with Crippen molar-refractivity contribution < 1.29 is 27.6 Å². The van der Waals surface area contributed by atoms with Gasteiger partial charge in [0, 0.05) is 24.7 Å². The number of anilines is 1. The van der Waals surface area contributed by atoms with Gasteiger partial charge in [-0.05, 0) is 25.5 Å². The number of nitrogens with one attached hydrogen (secondary N) is 1. The number of rotatable bonds is 3. The molecular formula is C14H14F3N5O3. The zero-order chi connectivity index (χ0) is 18.2. The Hall–Kier alpha value is -2.85. The number of carbonyl (C=O) groups is 1. The van der Waals surface area contributed by atoms with E-state index < -0.39 is 18.2 Å². The summed E-state index contributed by atoms with van der Waals surface area (Å²) in [5.41, 5.74) is 0.746. The molecule has 0 radical (unpaired) electrons. The average Bonchev–Trinajstić information content (AvgIpc) is 3.16. The van der Waals surface area contributed by atoms with E-state index in [-0.39, 0.29) is 11.9 Å². The fourth-order valence-electron chi connectivity index (χ4n) is 2.59. The number of nitrogens with zero attached hydrogens (tertiary/aromatic N) is 4. The molecule has 3 rings (SSSR count). The van der Waals surface area contributed by atoms with E-state index in [1.54, 1.807) is 19.1 Å². The second-order valence-electron chi connectivity index (χ2n) is 5.61. The van der Waals surface area contributed by atoms with Gasteiger partial charge >= 0.3 is 18.2 Å². The molecule has 0 saturated carbocycles. The number of hydrogen-bond donors (Lipinski definition) is 2. The molecule has 11 heteroatoms. The number of halogens is 3. The standard InChI is InChI=1S/C14H14F3N5O3/c1-7-9(11-20-12(25-21-11)14(15,16)17)2-3-10(18-7)19-8-4-5-22(6-8)13(23)24/h2-3,8H,4-6H2,1H3,(H,18,19)(H,23,24)/t8-/m0/s1. The van der Waals surface area contributed by atoms with E-state index in [1.165, 1.54) is 4.90 Å². The van der Waals surface area contributed by atoms with Gasteiger partial charge in [-0.1, -0.05) is 5.16 Å². The molecule has 25 heavy (non-hydrogen) atoms. The van der Waals surface area contributed by atoms with Crippen molar-refractivity contribution in [3.63, 3.8) is 0 Å². The van der Waals surface area contributed by atoms with Crippen molar-refractivity contribution >= 4 is 11.9 Å². The number of alkyl halides is 3. The lowest BCUT2D eigenvalue weighted by Gasteiger charge is -2.15. The molecule has 0 bridgehead atoms. The van der Waals surface area contributed by atoms with Crippen molar-refractivity contribution in [1.29, 1.82) is 0 Å². The zero-order valence-electron chi connectivity index (χ0n) is 13.0. The lowest BCUT2D eigenvalue weighted by atomic mass is 10.2. The highest BCUT2D eigenvalue weighted by atomic mass is 19.4. The molecule has 134 valence electrons. The summed E-state index contributed by atoms with van der Waals surface area (Å²) in [5, 5.41) is 15.4. The Morgan fingerprint density at radius 3 is 2.72 bits per heavy atom. The van der Waals surface area contributed by atoms with Gasteiger partial charge in [0.15, 0.2) is 0 Å². The third-order valence-electron chi connectivity index (χ3n) is 3.81. The minimum Gasteiger partial charge on any atom is -0.465 e. The van der Waals surface area contributed by atoms with Crippen molar-refractivity contribution in [2.24, 2.45) is 0 Å². The maximum Gasteiger partial charge on any atom is 0.471 e. The van der Waals surface area contributed by atoms with Crippen LogP contribution in [0, 0.1) is 6.92 Å². The summed E-state index contributed by atoms with van der Waals surface area (Å²) in [6.07, 6.45) is -5.03. The third kappa shape index (κ3) is 3.64. The fourth-order valence-corrected chi connectivity index (χ4v) is 2.59. The summed E-state index contributed by atoms with van der Waals surface area (Å²) >= 11 is 0. The quantitative estimate of drug-likeness (QED) is 0.870. The van der Waals surface area contributed by atoms with Gasteiger partial charge in [-0.25, -0.2) is 9.78 Å².